The first-order chi connectivity index (χ1) is 17.6. The Morgan fingerprint density at radius 3 is 2.32 bits per heavy atom. The third-order valence-corrected chi connectivity index (χ3v) is 7.28. The van der Waals surface area contributed by atoms with Gasteiger partial charge in [0, 0.05) is 49.8 Å². The fraction of sp³-hybridized carbons (Fsp3) is 0.607. The molecule has 204 valence electrons. The van der Waals surface area contributed by atoms with Gasteiger partial charge in [0.2, 0.25) is 17.7 Å². The average molecular weight is 515 g/mol. The number of hydrogen-bond donors (Lipinski definition) is 1. The number of nitro benzene ring substituents is 1. The summed E-state index contributed by atoms with van der Waals surface area (Å²) in [7, 11) is 0. The maximum Gasteiger partial charge on any atom is 0.269 e. The molecule has 1 heterocycles. The van der Waals surface area contributed by atoms with Gasteiger partial charge in [0.25, 0.3) is 5.69 Å². The number of benzene rings is 1. The lowest BCUT2D eigenvalue weighted by atomic mass is 9.95. The number of unbranched alkanes of at least 4 members (excludes halogenated alkanes) is 1. The van der Waals surface area contributed by atoms with Gasteiger partial charge in [0.15, 0.2) is 0 Å². The molecule has 0 saturated carbocycles. The van der Waals surface area contributed by atoms with Crippen molar-refractivity contribution >= 4 is 29.5 Å². The summed E-state index contributed by atoms with van der Waals surface area (Å²) in [6.07, 6.45) is 7.43. The summed E-state index contributed by atoms with van der Waals surface area (Å²) in [5, 5.41) is 13.7. The van der Waals surface area contributed by atoms with Crippen LogP contribution in [0.15, 0.2) is 30.3 Å². The van der Waals surface area contributed by atoms with E-state index in [-0.39, 0.29) is 35.4 Å². The van der Waals surface area contributed by atoms with Crippen molar-refractivity contribution in [2.75, 3.05) is 19.6 Å². The number of nitrogens with zero attached hydrogens (tertiary/aromatic N) is 3. The fourth-order valence-corrected chi connectivity index (χ4v) is 4.63. The first kappa shape index (κ1) is 30.0. The average Bonchev–Trinajstić information content (AvgIpc) is 2.90. The molecule has 0 unspecified atom stereocenters. The minimum Gasteiger partial charge on any atom is -0.340 e. The van der Waals surface area contributed by atoms with Crippen LogP contribution in [0, 0.1) is 22.0 Å². The van der Waals surface area contributed by atoms with Crippen LogP contribution < -0.4 is 5.32 Å². The minimum atomic E-state index is -0.679. The van der Waals surface area contributed by atoms with Gasteiger partial charge in [0.1, 0.15) is 6.04 Å². The number of piperazine rings is 1. The third-order valence-electron chi connectivity index (χ3n) is 7.28. The lowest BCUT2D eigenvalue weighted by Crippen LogP contribution is -2.60. The van der Waals surface area contributed by atoms with Crippen molar-refractivity contribution in [1.82, 2.24) is 15.1 Å². The molecule has 1 aliphatic heterocycles. The van der Waals surface area contributed by atoms with Gasteiger partial charge in [-0.2, -0.15) is 0 Å². The highest BCUT2D eigenvalue weighted by Crippen LogP contribution is 2.21. The van der Waals surface area contributed by atoms with E-state index in [0.29, 0.717) is 31.6 Å². The van der Waals surface area contributed by atoms with Gasteiger partial charge in [-0.3, -0.25) is 24.5 Å². The van der Waals surface area contributed by atoms with Crippen LogP contribution in [-0.2, 0) is 14.4 Å². The van der Waals surface area contributed by atoms with Gasteiger partial charge in [-0.15, -0.1) is 0 Å². The molecule has 1 aromatic carbocycles. The Kier molecular flexibility index (Phi) is 11.8. The second-order valence-corrected chi connectivity index (χ2v) is 9.97. The van der Waals surface area contributed by atoms with Crippen molar-refractivity contribution in [3.63, 3.8) is 0 Å². The van der Waals surface area contributed by atoms with Crippen molar-refractivity contribution in [3.05, 3.63) is 46.0 Å². The fourth-order valence-electron chi connectivity index (χ4n) is 4.63. The number of carbonyl (C=O) groups is 3. The maximum atomic E-state index is 13.5. The smallest absolute Gasteiger partial charge is 0.269 e. The van der Waals surface area contributed by atoms with E-state index in [2.05, 4.69) is 19.2 Å². The Labute approximate surface area is 220 Å². The van der Waals surface area contributed by atoms with Crippen LogP contribution in [0.1, 0.15) is 72.3 Å². The predicted molar refractivity (Wildman–Crippen MR) is 145 cm³/mol. The molecule has 0 aromatic heterocycles. The molecule has 0 aliphatic carbocycles. The topological polar surface area (TPSA) is 113 Å². The third kappa shape index (κ3) is 8.40. The van der Waals surface area contributed by atoms with E-state index >= 15 is 0 Å². The Morgan fingerprint density at radius 2 is 1.78 bits per heavy atom. The van der Waals surface area contributed by atoms with E-state index in [4.69, 9.17) is 0 Å². The molecule has 1 aliphatic rings. The summed E-state index contributed by atoms with van der Waals surface area (Å²) in [5.41, 5.74) is 0.623. The van der Waals surface area contributed by atoms with Gasteiger partial charge >= 0.3 is 0 Å². The normalized spacial score (nSPS) is 18.4. The van der Waals surface area contributed by atoms with E-state index in [1.807, 2.05) is 25.7 Å². The second kappa shape index (κ2) is 14.5. The maximum absolute atomic E-state index is 13.5. The molecule has 1 aromatic rings. The van der Waals surface area contributed by atoms with Crippen molar-refractivity contribution in [2.24, 2.45) is 11.8 Å². The molecule has 4 atom stereocenters. The van der Waals surface area contributed by atoms with Crippen molar-refractivity contribution < 1.29 is 19.3 Å². The van der Waals surface area contributed by atoms with E-state index < -0.39 is 16.9 Å². The Balaban J connectivity index is 2.03. The highest BCUT2D eigenvalue weighted by atomic mass is 16.6. The molecule has 9 nitrogen and oxygen atoms in total. The quantitative estimate of drug-likeness (QED) is 0.252. The summed E-state index contributed by atoms with van der Waals surface area (Å²) in [4.78, 5) is 53.3. The summed E-state index contributed by atoms with van der Waals surface area (Å²) < 4.78 is 0. The standard InChI is InChI=1S/C28H42N4O5/c1-6-9-10-23(8-3)27(34)31-18-17-30(19-21(31)5)28(35)26(20(4)7-2)29-25(33)16-13-22-11-14-24(15-12-22)32(36)37/h11-16,20-21,23,26H,6-10,17-19H2,1-5H3,(H,29,33)/b16-13+/t20-,21+,23+,26-/m1/s1. The molecule has 2 rings (SSSR count). The van der Waals surface area contributed by atoms with Gasteiger partial charge in [-0.1, -0.05) is 47.0 Å². The summed E-state index contributed by atoms with van der Waals surface area (Å²) in [6, 6.07) is 5.11. The molecule has 0 bridgehead atoms. The number of amides is 3. The van der Waals surface area contributed by atoms with Crippen LogP contribution in [0.25, 0.3) is 6.08 Å². The van der Waals surface area contributed by atoms with Gasteiger partial charge in [-0.25, -0.2) is 0 Å². The molecular weight excluding hydrogens is 472 g/mol. The molecule has 0 spiro atoms. The van der Waals surface area contributed by atoms with Crippen LogP contribution >= 0.6 is 0 Å². The monoisotopic (exact) mass is 514 g/mol. The lowest BCUT2D eigenvalue weighted by Gasteiger charge is -2.42. The highest BCUT2D eigenvalue weighted by Gasteiger charge is 2.36. The summed E-state index contributed by atoms with van der Waals surface area (Å²) in [5.74, 6) is -0.403. The molecule has 1 fully saturated rings. The number of hydrogen-bond acceptors (Lipinski definition) is 5. The Morgan fingerprint density at radius 1 is 1.11 bits per heavy atom. The zero-order chi connectivity index (χ0) is 27.5. The first-order valence-corrected chi connectivity index (χ1v) is 13.4. The largest absolute Gasteiger partial charge is 0.340 e. The van der Waals surface area contributed by atoms with Gasteiger partial charge < -0.3 is 15.1 Å². The van der Waals surface area contributed by atoms with Crippen molar-refractivity contribution in [3.8, 4) is 0 Å². The van der Waals surface area contributed by atoms with Crippen LogP contribution in [-0.4, -0.2) is 64.2 Å². The number of nitro groups is 1. The minimum absolute atomic E-state index is 0.0220. The molecule has 1 saturated heterocycles. The van der Waals surface area contributed by atoms with Crippen LogP contribution in [0.3, 0.4) is 0 Å². The number of nitrogens with one attached hydrogen (secondary N) is 1. The van der Waals surface area contributed by atoms with Crippen molar-refractivity contribution in [1.29, 1.82) is 0 Å². The van der Waals surface area contributed by atoms with Gasteiger partial charge in [0.05, 0.1) is 4.92 Å². The van der Waals surface area contributed by atoms with Gasteiger partial charge in [-0.05, 0) is 49.5 Å². The first-order valence-electron chi connectivity index (χ1n) is 13.4. The molecule has 1 N–H and O–H groups in total. The molecule has 9 heteroatoms. The van der Waals surface area contributed by atoms with E-state index in [9.17, 15) is 24.5 Å². The molecular formula is C28H42N4O5. The summed E-state index contributed by atoms with van der Waals surface area (Å²) >= 11 is 0. The van der Waals surface area contributed by atoms with E-state index in [1.54, 1.807) is 23.1 Å². The Hall–Kier alpha value is -3.23. The second-order valence-electron chi connectivity index (χ2n) is 9.97. The predicted octanol–water partition coefficient (Wildman–Crippen LogP) is 4.41. The summed E-state index contributed by atoms with van der Waals surface area (Å²) in [6.45, 7) is 11.5. The van der Waals surface area contributed by atoms with E-state index in [1.165, 1.54) is 18.2 Å². The highest BCUT2D eigenvalue weighted by molar-refractivity contribution is 5.95. The van der Waals surface area contributed by atoms with Crippen LogP contribution in [0.5, 0.6) is 0 Å². The van der Waals surface area contributed by atoms with Crippen molar-refractivity contribution in [2.45, 2.75) is 78.8 Å². The zero-order valence-corrected chi connectivity index (χ0v) is 22.8. The van der Waals surface area contributed by atoms with Crippen LogP contribution in [0.4, 0.5) is 5.69 Å². The molecule has 0 radical (unpaired) electrons. The Bertz CT molecular complexity index is 962. The molecule has 37 heavy (non-hydrogen) atoms. The molecule has 3 amide bonds. The SMILES string of the molecule is CCCC[C@H](CC)C(=O)N1CCN(C(=O)[C@H](NC(=O)/C=C/c2ccc([N+](=O)[O-])cc2)[C@H](C)CC)C[C@@H]1C. The number of non-ortho nitro benzene ring substituents is 1. The zero-order valence-electron chi connectivity index (χ0n) is 22.8. The number of rotatable bonds is 12. The number of carbonyl (C=O) groups excluding carboxylic acids is 3. The van der Waals surface area contributed by atoms with E-state index in [0.717, 1.165) is 25.7 Å². The van der Waals surface area contributed by atoms with Crippen LogP contribution in [0.2, 0.25) is 0 Å². The lowest BCUT2D eigenvalue weighted by molar-refractivity contribution is -0.384.